The number of hydrogen-bond acceptors (Lipinski definition) is 5. The molecular formula is C20H21FN2O5S. The third kappa shape index (κ3) is 5.18. The van der Waals surface area contributed by atoms with Crippen LogP contribution in [0.4, 0.5) is 4.39 Å². The van der Waals surface area contributed by atoms with Gasteiger partial charge < -0.3 is 10.1 Å². The number of benzene rings is 2. The molecule has 1 N–H and O–H groups in total. The molecule has 0 atom stereocenters. The number of halogens is 1. The molecule has 1 aliphatic heterocycles. The van der Waals surface area contributed by atoms with Crippen molar-refractivity contribution in [1.29, 1.82) is 0 Å². The zero-order chi connectivity index (χ0) is 20.9. The molecule has 0 unspecified atom stereocenters. The Hall–Kier alpha value is -2.78. The average Bonchev–Trinajstić information content (AvgIpc) is 3.27. The molecule has 2 aromatic rings. The summed E-state index contributed by atoms with van der Waals surface area (Å²) in [5.74, 6) is -1.85. The Morgan fingerprint density at radius 2 is 1.79 bits per heavy atom. The minimum atomic E-state index is -3.66. The minimum absolute atomic E-state index is 0.0119. The molecule has 1 heterocycles. The van der Waals surface area contributed by atoms with E-state index in [1.54, 1.807) is 12.1 Å². The Labute approximate surface area is 168 Å². The highest BCUT2D eigenvalue weighted by molar-refractivity contribution is 7.89. The van der Waals surface area contributed by atoms with Crippen LogP contribution in [-0.4, -0.2) is 44.3 Å². The molecule has 1 fully saturated rings. The van der Waals surface area contributed by atoms with Gasteiger partial charge in [0.1, 0.15) is 5.82 Å². The number of hydrogen-bond donors (Lipinski definition) is 1. The lowest BCUT2D eigenvalue weighted by molar-refractivity contribution is -0.124. The van der Waals surface area contributed by atoms with E-state index >= 15 is 0 Å². The van der Waals surface area contributed by atoms with Crippen LogP contribution in [0.1, 0.15) is 28.8 Å². The first-order valence-electron chi connectivity index (χ1n) is 9.15. The van der Waals surface area contributed by atoms with Crippen LogP contribution in [0.3, 0.4) is 0 Å². The largest absolute Gasteiger partial charge is 0.452 e. The Morgan fingerprint density at radius 3 is 2.52 bits per heavy atom. The lowest BCUT2D eigenvalue weighted by atomic mass is 10.2. The Kier molecular flexibility index (Phi) is 6.60. The van der Waals surface area contributed by atoms with Crippen molar-refractivity contribution in [2.45, 2.75) is 24.3 Å². The normalized spacial score (nSPS) is 14.5. The predicted octanol–water partition coefficient (Wildman–Crippen LogP) is 2.08. The molecule has 0 bridgehead atoms. The van der Waals surface area contributed by atoms with Gasteiger partial charge in [-0.05, 0) is 37.1 Å². The summed E-state index contributed by atoms with van der Waals surface area (Å²) < 4.78 is 45.1. The summed E-state index contributed by atoms with van der Waals surface area (Å²) in [6.07, 6.45) is 1.62. The summed E-state index contributed by atoms with van der Waals surface area (Å²) >= 11 is 0. The summed E-state index contributed by atoms with van der Waals surface area (Å²) in [6.45, 7) is 0.321. The third-order valence-corrected chi connectivity index (χ3v) is 6.44. The summed E-state index contributed by atoms with van der Waals surface area (Å²) in [5, 5.41) is 2.46. The Morgan fingerprint density at radius 1 is 1.07 bits per heavy atom. The van der Waals surface area contributed by atoms with Gasteiger partial charge in [0.05, 0.1) is 10.5 Å². The van der Waals surface area contributed by atoms with Crippen molar-refractivity contribution in [3.63, 3.8) is 0 Å². The molecule has 0 aromatic heterocycles. The Bertz CT molecular complexity index is 1000. The summed E-state index contributed by atoms with van der Waals surface area (Å²) in [6, 6.07) is 11.5. The smallest absolute Gasteiger partial charge is 0.338 e. The number of esters is 1. The van der Waals surface area contributed by atoms with E-state index in [1.807, 2.05) is 0 Å². The van der Waals surface area contributed by atoms with Crippen LogP contribution in [0.15, 0.2) is 53.4 Å². The molecule has 0 saturated carbocycles. The van der Waals surface area contributed by atoms with Gasteiger partial charge in [-0.25, -0.2) is 17.6 Å². The van der Waals surface area contributed by atoms with E-state index in [0.29, 0.717) is 18.7 Å². The van der Waals surface area contributed by atoms with Gasteiger partial charge in [0, 0.05) is 25.2 Å². The summed E-state index contributed by atoms with van der Waals surface area (Å²) in [4.78, 5) is 24.1. The van der Waals surface area contributed by atoms with Crippen molar-refractivity contribution in [3.05, 3.63) is 65.5 Å². The maximum atomic E-state index is 13.5. The van der Waals surface area contributed by atoms with E-state index in [2.05, 4.69) is 5.32 Å². The minimum Gasteiger partial charge on any atom is -0.452 e. The topological polar surface area (TPSA) is 92.8 Å². The second-order valence-corrected chi connectivity index (χ2v) is 8.52. The molecule has 2 aromatic carbocycles. The summed E-state index contributed by atoms with van der Waals surface area (Å²) in [7, 11) is -3.66. The highest BCUT2D eigenvalue weighted by atomic mass is 32.2. The SMILES string of the molecule is O=C(COC(=O)c1cccc(S(=O)(=O)N2CCCC2)c1)NCc1ccccc1F. The second kappa shape index (κ2) is 9.15. The number of nitrogens with one attached hydrogen (secondary N) is 1. The van der Waals surface area contributed by atoms with Gasteiger partial charge in [-0.1, -0.05) is 24.3 Å². The lowest BCUT2D eigenvalue weighted by Crippen LogP contribution is -2.29. The molecule has 29 heavy (non-hydrogen) atoms. The van der Waals surface area contributed by atoms with Gasteiger partial charge in [-0.2, -0.15) is 4.31 Å². The van der Waals surface area contributed by atoms with E-state index in [9.17, 15) is 22.4 Å². The first-order valence-corrected chi connectivity index (χ1v) is 10.6. The first kappa shape index (κ1) is 20.9. The van der Waals surface area contributed by atoms with Gasteiger partial charge in [-0.15, -0.1) is 0 Å². The number of carbonyl (C=O) groups is 2. The van der Waals surface area contributed by atoms with Crippen molar-refractivity contribution in [1.82, 2.24) is 9.62 Å². The van der Waals surface area contributed by atoms with Gasteiger partial charge in [0.25, 0.3) is 5.91 Å². The fourth-order valence-corrected chi connectivity index (χ4v) is 4.53. The van der Waals surface area contributed by atoms with Crippen molar-refractivity contribution in [2.24, 2.45) is 0 Å². The molecule has 1 amide bonds. The van der Waals surface area contributed by atoms with Crippen LogP contribution in [0.25, 0.3) is 0 Å². The number of ether oxygens (including phenoxy) is 1. The van der Waals surface area contributed by atoms with E-state index < -0.39 is 34.3 Å². The molecular weight excluding hydrogens is 399 g/mol. The van der Waals surface area contributed by atoms with Crippen LogP contribution in [0, 0.1) is 5.82 Å². The van der Waals surface area contributed by atoms with Gasteiger partial charge >= 0.3 is 5.97 Å². The first-order chi connectivity index (χ1) is 13.9. The van der Waals surface area contributed by atoms with Crippen LogP contribution in [0.2, 0.25) is 0 Å². The molecule has 1 saturated heterocycles. The van der Waals surface area contributed by atoms with E-state index in [-0.39, 0.29) is 17.0 Å². The number of sulfonamides is 1. The zero-order valence-corrected chi connectivity index (χ0v) is 16.5. The highest BCUT2D eigenvalue weighted by Gasteiger charge is 2.27. The summed E-state index contributed by atoms with van der Waals surface area (Å²) in [5.41, 5.74) is 0.346. The second-order valence-electron chi connectivity index (χ2n) is 6.58. The fraction of sp³-hybridized carbons (Fsp3) is 0.300. The van der Waals surface area contributed by atoms with E-state index in [4.69, 9.17) is 4.74 Å². The van der Waals surface area contributed by atoms with Gasteiger partial charge in [0.15, 0.2) is 6.61 Å². The van der Waals surface area contributed by atoms with Crippen molar-refractivity contribution < 1.29 is 27.1 Å². The van der Waals surface area contributed by atoms with E-state index in [0.717, 1.165) is 12.8 Å². The molecule has 9 heteroatoms. The zero-order valence-electron chi connectivity index (χ0n) is 15.6. The predicted molar refractivity (Wildman–Crippen MR) is 103 cm³/mol. The van der Waals surface area contributed by atoms with Gasteiger partial charge in [0.2, 0.25) is 10.0 Å². The standard InChI is InChI=1S/C20H21FN2O5S/c21-18-9-2-1-6-16(18)13-22-19(24)14-28-20(25)15-7-5-8-17(12-15)29(26,27)23-10-3-4-11-23/h1-2,5-9,12H,3-4,10-11,13-14H2,(H,22,24). The van der Waals surface area contributed by atoms with Crippen molar-refractivity contribution in [3.8, 4) is 0 Å². The number of carbonyl (C=O) groups excluding carboxylic acids is 2. The number of rotatable bonds is 7. The van der Waals surface area contributed by atoms with Crippen LogP contribution in [-0.2, 0) is 26.1 Å². The fourth-order valence-electron chi connectivity index (χ4n) is 2.96. The van der Waals surface area contributed by atoms with Crippen LogP contribution >= 0.6 is 0 Å². The number of nitrogens with zero attached hydrogens (tertiary/aromatic N) is 1. The maximum Gasteiger partial charge on any atom is 0.338 e. The monoisotopic (exact) mass is 420 g/mol. The number of amides is 1. The van der Waals surface area contributed by atoms with Crippen LogP contribution in [0.5, 0.6) is 0 Å². The molecule has 154 valence electrons. The van der Waals surface area contributed by atoms with Crippen LogP contribution < -0.4 is 5.32 Å². The quantitative estimate of drug-likeness (QED) is 0.693. The maximum absolute atomic E-state index is 13.5. The third-order valence-electron chi connectivity index (χ3n) is 4.54. The molecule has 0 aliphatic carbocycles. The van der Waals surface area contributed by atoms with Crippen molar-refractivity contribution in [2.75, 3.05) is 19.7 Å². The molecule has 0 radical (unpaired) electrons. The highest BCUT2D eigenvalue weighted by Crippen LogP contribution is 2.21. The van der Waals surface area contributed by atoms with Crippen molar-refractivity contribution >= 4 is 21.9 Å². The average molecular weight is 420 g/mol. The Balaban J connectivity index is 1.57. The molecule has 1 aliphatic rings. The van der Waals surface area contributed by atoms with Gasteiger partial charge in [-0.3, -0.25) is 4.79 Å². The van der Waals surface area contributed by atoms with E-state index in [1.165, 1.54) is 40.7 Å². The molecule has 7 nitrogen and oxygen atoms in total. The lowest BCUT2D eigenvalue weighted by Gasteiger charge is -2.15. The molecule has 0 spiro atoms. The molecule has 3 rings (SSSR count).